The summed E-state index contributed by atoms with van der Waals surface area (Å²) in [7, 11) is 0. The second kappa shape index (κ2) is 6.10. The van der Waals surface area contributed by atoms with Gasteiger partial charge in [-0.15, -0.1) is 18.2 Å². The molecule has 0 aliphatic carbocycles. The van der Waals surface area contributed by atoms with Crippen molar-refractivity contribution in [2.45, 2.75) is 10.9 Å². The summed E-state index contributed by atoms with van der Waals surface area (Å²) in [6, 6.07) is 7.93. The summed E-state index contributed by atoms with van der Waals surface area (Å²) >= 11 is 5.14. The molecule has 0 amide bonds. The molecule has 0 saturated carbocycles. The first kappa shape index (κ1) is 11.6. The third kappa shape index (κ3) is 3.35. The van der Waals surface area contributed by atoms with Crippen LogP contribution < -0.4 is 11.3 Å². The minimum atomic E-state index is -0.0906. The number of thioether (sulfide) groups is 1. The molecule has 2 nitrogen and oxygen atoms in total. The fourth-order valence-corrected chi connectivity index (χ4v) is 2.43. The highest BCUT2D eigenvalue weighted by molar-refractivity contribution is 9.10. The third-order valence-corrected chi connectivity index (χ3v) is 3.77. The van der Waals surface area contributed by atoms with Gasteiger partial charge in [-0.25, -0.2) is 5.43 Å². The maximum Gasteiger partial charge on any atom is 0.0908 e. The number of benzene rings is 1. The Labute approximate surface area is 96.7 Å². The highest BCUT2D eigenvalue weighted by atomic mass is 79.9. The van der Waals surface area contributed by atoms with Crippen LogP contribution in [0.1, 0.15) is 0 Å². The molecular formula is C10H11BrN2S. The molecule has 1 atom stereocenters. The van der Waals surface area contributed by atoms with E-state index in [-0.39, 0.29) is 6.04 Å². The lowest BCUT2D eigenvalue weighted by atomic mass is 10.4. The van der Waals surface area contributed by atoms with Crippen LogP contribution in [0.2, 0.25) is 0 Å². The average molecular weight is 271 g/mol. The van der Waals surface area contributed by atoms with Gasteiger partial charge in [0.1, 0.15) is 0 Å². The fourth-order valence-electron chi connectivity index (χ4n) is 0.879. The van der Waals surface area contributed by atoms with Crippen molar-refractivity contribution >= 4 is 27.7 Å². The molecule has 14 heavy (non-hydrogen) atoms. The minimum Gasteiger partial charge on any atom is -0.270 e. The predicted octanol–water partition coefficient (Wildman–Crippen LogP) is 2.01. The van der Waals surface area contributed by atoms with Gasteiger partial charge in [0.25, 0.3) is 0 Å². The van der Waals surface area contributed by atoms with Gasteiger partial charge < -0.3 is 0 Å². The van der Waals surface area contributed by atoms with Crippen molar-refractivity contribution < 1.29 is 0 Å². The largest absolute Gasteiger partial charge is 0.270 e. The summed E-state index contributed by atoms with van der Waals surface area (Å²) in [4.78, 5) is 1.17. The molecule has 1 aromatic rings. The molecule has 3 N–H and O–H groups in total. The molecule has 0 aliphatic rings. The molecule has 0 spiro atoms. The molecule has 0 fully saturated rings. The highest BCUT2D eigenvalue weighted by Gasteiger charge is 2.04. The van der Waals surface area contributed by atoms with Gasteiger partial charge in [0.2, 0.25) is 0 Å². The van der Waals surface area contributed by atoms with E-state index in [1.807, 2.05) is 24.3 Å². The Hall–Kier alpha value is -0.470. The zero-order valence-electron chi connectivity index (χ0n) is 7.53. The summed E-state index contributed by atoms with van der Waals surface area (Å²) in [6.45, 7) is 0. The van der Waals surface area contributed by atoms with E-state index in [9.17, 15) is 0 Å². The Morgan fingerprint density at radius 2 is 2.29 bits per heavy atom. The molecule has 1 rings (SSSR count). The van der Waals surface area contributed by atoms with Gasteiger partial charge in [0.15, 0.2) is 0 Å². The van der Waals surface area contributed by atoms with E-state index >= 15 is 0 Å². The number of nitrogens with two attached hydrogens (primary N) is 1. The molecule has 4 heteroatoms. The van der Waals surface area contributed by atoms with Crippen molar-refractivity contribution in [2.75, 3.05) is 5.75 Å². The molecule has 0 saturated heterocycles. The Morgan fingerprint density at radius 3 is 2.86 bits per heavy atom. The number of nitrogens with one attached hydrogen (secondary N) is 1. The van der Waals surface area contributed by atoms with Crippen molar-refractivity contribution in [3.05, 3.63) is 28.7 Å². The molecule has 1 aromatic carbocycles. The van der Waals surface area contributed by atoms with Crippen LogP contribution in [0.5, 0.6) is 0 Å². The lowest BCUT2D eigenvalue weighted by molar-refractivity contribution is 0.694. The van der Waals surface area contributed by atoms with Crippen molar-refractivity contribution in [1.82, 2.24) is 5.43 Å². The first-order chi connectivity index (χ1) is 6.77. The summed E-state index contributed by atoms with van der Waals surface area (Å²) in [6.07, 6.45) is 5.27. The molecule has 0 aliphatic heterocycles. The Kier molecular flexibility index (Phi) is 5.05. The van der Waals surface area contributed by atoms with Gasteiger partial charge in [0, 0.05) is 15.1 Å². The van der Waals surface area contributed by atoms with E-state index in [0.29, 0.717) is 0 Å². The first-order valence-corrected chi connectivity index (χ1v) is 5.85. The number of terminal acetylenes is 1. The molecule has 74 valence electrons. The van der Waals surface area contributed by atoms with E-state index in [0.717, 1.165) is 10.2 Å². The van der Waals surface area contributed by atoms with Crippen molar-refractivity contribution in [3.8, 4) is 12.3 Å². The number of hydrazine groups is 1. The SMILES string of the molecule is C#CC(CSc1ccccc1Br)NN. The number of rotatable bonds is 4. The van der Waals surface area contributed by atoms with Gasteiger partial charge in [-0.3, -0.25) is 5.84 Å². The van der Waals surface area contributed by atoms with Crippen LogP contribution >= 0.6 is 27.7 Å². The fraction of sp³-hybridized carbons (Fsp3) is 0.200. The normalized spacial score (nSPS) is 12.1. The lowest BCUT2D eigenvalue weighted by Gasteiger charge is -2.09. The zero-order valence-corrected chi connectivity index (χ0v) is 9.94. The van der Waals surface area contributed by atoms with E-state index in [1.165, 1.54) is 4.90 Å². The summed E-state index contributed by atoms with van der Waals surface area (Å²) in [5.41, 5.74) is 2.57. The van der Waals surface area contributed by atoms with Crippen LogP contribution in [0.3, 0.4) is 0 Å². The molecule has 1 unspecified atom stereocenters. The van der Waals surface area contributed by atoms with Gasteiger partial charge in [-0.05, 0) is 28.1 Å². The molecule has 0 radical (unpaired) electrons. The Balaban J connectivity index is 2.54. The van der Waals surface area contributed by atoms with Crippen LogP contribution in [-0.2, 0) is 0 Å². The maximum absolute atomic E-state index is 5.27. The summed E-state index contributed by atoms with van der Waals surface area (Å²) in [5.74, 6) is 8.60. The molecule has 0 bridgehead atoms. The lowest BCUT2D eigenvalue weighted by Crippen LogP contribution is -2.35. The molecular weight excluding hydrogens is 260 g/mol. The summed E-state index contributed by atoms with van der Waals surface area (Å²) in [5, 5.41) is 0. The Bertz CT molecular complexity index is 335. The molecule has 0 aromatic heterocycles. The quantitative estimate of drug-likeness (QED) is 0.381. The van der Waals surface area contributed by atoms with Crippen LogP contribution in [0.15, 0.2) is 33.6 Å². The average Bonchev–Trinajstić information content (AvgIpc) is 2.22. The van der Waals surface area contributed by atoms with E-state index < -0.39 is 0 Å². The zero-order chi connectivity index (χ0) is 10.4. The van der Waals surface area contributed by atoms with Crippen molar-refractivity contribution in [1.29, 1.82) is 0 Å². The van der Waals surface area contributed by atoms with Crippen LogP contribution in [-0.4, -0.2) is 11.8 Å². The molecule has 0 heterocycles. The first-order valence-electron chi connectivity index (χ1n) is 4.07. The van der Waals surface area contributed by atoms with Crippen molar-refractivity contribution in [2.24, 2.45) is 5.84 Å². The number of hydrogen-bond donors (Lipinski definition) is 2. The van der Waals surface area contributed by atoms with Gasteiger partial charge >= 0.3 is 0 Å². The second-order valence-electron chi connectivity index (χ2n) is 2.63. The second-order valence-corrected chi connectivity index (χ2v) is 4.54. The van der Waals surface area contributed by atoms with Gasteiger partial charge in [-0.1, -0.05) is 18.1 Å². The van der Waals surface area contributed by atoms with Crippen LogP contribution in [0.4, 0.5) is 0 Å². The predicted molar refractivity (Wildman–Crippen MR) is 64.8 cm³/mol. The topological polar surface area (TPSA) is 38.0 Å². The Morgan fingerprint density at radius 1 is 1.57 bits per heavy atom. The van der Waals surface area contributed by atoms with E-state index in [1.54, 1.807) is 11.8 Å². The van der Waals surface area contributed by atoms with Crippen LogP contribution in [0.25, 0.3) is 0 Å². The van der Waals surface area contributed by atoms with Crippen molar-refractivity contribution in [3.63, 3.8) is 0 Å². The van der Waals surface area contributed by atoms with Gasteiger partial charge in [-0.2, -0.15) is 0 Å². The number of hydrogen-bond acceptors (Lipinski definition) is 3. The summed E-state index contributed by atoms with van der Waals surface area (Å²) < 4.78 is 1.08. The van der Waals surface area contributed by atoms with Gasteiger partial charge in [0.05, 0.1) is 6.04 Å². The highest BCUT2D eigenvalue weighted by Crippen LogP contribution is 2.27. The minimum absolute atomic E-state index is 0.0906. The third-order valence-electron chi connectivity index (χ3n) is 1.64. The van der Waals surface area contributed by atoms with E-state index in [4.69, 9.17) is 12.3 Å². The standard InChI is InChI=1S/C10H11BrN2S/c1-2-8(13-12)7-14-10-6-4-3-5-9(10)11/h1,3-6,8,13H,7,12H2. The van der Waals surface area contributed by atoms with E-state index in [2.05, 4.69) is 27.3 Å². The monoisotopic (exact) mass is 270 g/mol. The number of halogens is 1. The smallest absolute Gasteiger partial charge is 0.0908 e. The maximum atomic E-state index is 5.27. The van der Waals surface area contributed by atoms with Crippen LogP contribution in [0, 0.1) is 12.3 Å².